The maximum atomic E-state index is 12.7. The van der Waals surface area contributed by atoms with Crippen LogP contribution >= 0.6 is 0 Å². The smallest absolute Gasteiger partial charge is 0.341 e. The van der Waals surface area contributed by atoms with E-state index in [1.165, 1.54) is 6.20 Å². The predicted molar refractivity (Wildman–Crippen MR) is 122 cm³/mol. The number of nitrogens with one attached hydrogen (secondary N) is 1. The van der Waals surface area contributed by atoms with Crippen molar-refractivity contribution in [2.24, 2.45) is 0 Å². The molecule has 7 heteroatoms. The van der Waals surface area contributed by atoms with E-state index >= 15 is 0 Å². The molecule has 162 valence electrons. The fraction of sp³-hybridized carbons (Fsp3) is 0.160. The summed E-state index contributed by atoms with van der Waals surface area (Å²) >= 11 is 0. The van der Waals surface area contributed by atoms with Crippen LogP contribution in [0.25, 0.3) is 16.6 Å². The lowest BCUT2D eigenvalue weighted by molar-refractivity contribution is -0.122. The van der Waals surface area contributed by atoms with Crippen molar-refractivity contribution in [1.82, 2.24) is 9.61 Å². The number of aromatic nitrogens is 2. The number of ether oxygens (including phenoxy) is 2. The van der Waals surface area contributed by atoms with Crippen molar-refractivity contribution >= 4 is 23.1 Å². The SMILES string of the molecule is CCOC(=O)c1cnn2ccc(NC(=O)[C@H](C)Oc3ccc(-c4ccccc4)cc3)cc12. The van der Waals surface area contributed by atoms with E-state index in [4.69, 9.17) is 9.47 Å². The third-order valence-corrected chi connectivity index (χ3v) is 4.93. The Hall–Kier alpha value is -4.13. The molecule has 0 spiro atoms. The van der Waals surface area contributed by atoms with Crippen LogP contribution in [0.2, 0.25) is 0 Å². The highest BCUT2D eigenvalue weighted by Crippen LogP contribution is 2.23. The number of hydrogen-bond acceptors (Lipinski definition) is 5. The van der Waals surface area contributed by atoms with Crippen molar-refractivity contribution in [3.63, 3.8) is 0 Å². The van der Waals surface area contributed by atoms with Gasteiger partial charge in [0.25, 0.3) is 5.91 Å². The Bertz CT molecular complexity index is 1230. The molecule has 2 heterocycles. The van der Waals surface area contributed by atoms with Gasteiger partial charge >= 0.3 is 5.97 Å². The van der Waals surface area contributed by atoms with Gasteiger partial charge in [0.15, 0.2) is 6.10 Å². The van der Waals surface area contributed by atoms with Gasteiger partial charge < -0.3 is 14.8 Å². The molecule has 0 fully saturated rings. The molecule has 0 radical (unpaired) electrons. The Balaban J connectivity index is 1.43. The van der Waals surface area contributed by atoms with Crippen molar-refractivity contribution in [2.45, 2.75) is 20.0 Å². The van der Waals surface area contributed by atoms with Crippen LogP contribution in [0.3, 0.4) is 0 Å². The molecular formula is C25H23N3O4. The molecule has 0 aliphatic carbocycles. The van der Waals surface area contributed by atoms with Gasteiger partial charge in [-0.2, -0.15) is 5.10 Å². The zero-order valence-corrected chi connectivity index (χ0v) is 17.8. The molecule has 7 nitrogen and oxygen atoms in total. The van der Waals surface area contributed by atoms with Crippen molar-refractivity contribution in [1.29, 1.82) is 0 Å². The molecule has 0 unspecified atom stereocenters. The minimum absolute atomic E-state index is 0.272. The normalized spacial score (nSPS) is 11.7. The molecule has 0 bridgehead atoms. The van der Waals surface area contributed by atoms with Crippen LogP contribution < -0.4 is 10.1 Å². The molecule has 2 aromatic carbocycles. The lowest BCUT2D eigenvalue weighted by Gasteiger charge is -2.15. The van der Waals surface area contributed by atoms with Crippen LogP contribution in [0.15, 0.2) is 79.1 Å². The van der Waals surface area contributed by atoms with E-state index in [2.05, 4.69) is 10.4 Å². The topological polar surface area (TPSA) is 81.9 Å². The van der Waals surface area contributed by atoms with Gasteiger partial charge in [-0.1, -0.05) is 42.5 Å². The van der Waals surface area contributed by atoms with Gasteiger partial charge in [0.2, 0.25) is 0 Å². The average molecular weight is 429 g/mol. The van der Waals surface area contributed by atoms with Crippen LogP contribution in [0.1, 0.15) is 24.2 Å². The minimum Gasteiger partial charge on any atom is -0.481 e. The maximum Gasteiger partial charge on any atom is 0.341 e. The summed E-state index contributed by atoms with van der Waals surface area (Å²) in [5, 5.41) is 6.96. The van der Waals surface area contributed by atoms with Crippen LogP contribution in [0.4, 0.5) is 5.69 Å². The summed E-state index contributed by atoms with van der Waals surface area (Å²) in [4.78, 5) is 24.7. The number of nitrogens with zero attached hydrogens (tertiary/aromatic N) is 2. The van der Waals surface area contributed by atoms with E-state index in [0.29, 0.717) is 22.5 Å². The lowest BCUT2D eigenvalue weighted by atomic mass is 10.1. The van der Waals surface area contributed by atoms with Gasteiger partial charge in [-0.15, -0.1) is 0 Å². The van der Waals surface area contributed by atoms with Gasteiger partial charge in [-0.05, 0) is 49.2 Å². The number of anilines is 1. The molecule has 2 aromatic heterocycles. The van der Waals surface area contributed by atoms with E-state index in [1.807, 2.05) is 54.6 Å². The number of rotatable bonds is 7. The second kappa shape index (κ2) is 9.34. The molecule has 1 atom stereocenters. The number of pyridine rings is 1. The molecule has 0 saturated heterocycles. The molecule has 1 amide bonds. The second-order valence-corrected chi connectivity index (χ2v) is 7.16. The number of hydrogen-bond donors (Lipinski definition) is 1. The molecule has 32 heavy (non-hydrogen) atoms. The zero-order chi connectivity index (χ0) is 22.5. The number of carbonyl (C=O) groups excluding carboxylic acids is 2. The Morgan fingerprint density at radius 1 is 1.03 bits per heavy atom. The maximum absolute atomic E-state index is 12.7. The third-order valence-electron chi connectivity index (χ3n) is 4.93. The quantitative estimate of drug-likeness (QED) is 0.435. The largest absolute Gasteiger partial charge is 0.481 e. The number of amides is 1. The Morgan fingerprint density at radius 3 is 2.47 bits per heavy atom. The van der Waals surface area contributed by atoms with E-state index < -0.39 is 12.1 Å². The minimum atomic E-state index is -0.719. The Labute approximate surface area is 185 Å². The van der Waals surface area contributed by atoms with Crippen LogP contribution in [0.5, 0.6) is 5.75 Å². The fourth-order valence-electron chi connectivity index (χ4n) is 3.28. The third kappa shape index (κ3) is 4.62. The van der Waals surface area contributed by atoms with Crippen molar-refractivity contribution in [3.05, 3.63) is 84.7 Å². The summed E-state index contributed by atoms with van der Waals surface area (Å²) in [7, 11) is 0. The zero-order valence-electron chi connectivity index (χ0n) is 17.8. The van der Waals surface area contributed by atoms with Crippen molar-refractivity contribution in [3.8, 4) is 16.9 Å². The van der Waals surface area contributed by atoms with Crippen molar-refractivity contribution in [2.75, 3.05) is 11.9 Å². The van der Waals surface area contributed by atoms with Crippen LogP contribution in [-0.2, 0) is 9.53 Å². The van der Waals surface area contributed by atoms with Crippen molar-refractivity contribution < 1.29 is 19.1 Å². The molecule has 0 aliphatic heterocycles. The average Bonchev–Trinajstić information content (AvgIpc) is 3.24. The van der Waals surface area contributed by atoms with Gasteiger partial charge in [-0.25, -0.2) is 9.31 Å². The van der Waals surface area contributed by atoms with Crippen LogP contribution in [-0.4, -0.2) is 34.2 Å². The molecule has 1 N–H and O–H groups in total. The lowest BCUT2D eigenvalue weighted by Crippen LogP contribution is -2.30. The first-order valence-electron chi connectivity index (χ1n) is 10.3. The van der Waals surface area contributed by atoms with E-state index in [1.54, 1.807) is 36.7 Å². The van der Waals surface area contributed by atoms with Gasteiger partial charge in [0.1, 0.15) is 11.3 Å². The summed E-state index contributed by atoms with van der Waals surface area (Å²) in [6.45, 7) is 3.70. The van der Waals surface area contributed by atoms with E-state index in [0.717, 1.165) is 11.1 Å². The highest BCUT2D eigenvalue weighted by molar-refractivity contribution is 5.99. The van der Waals surface area contributed by atoms with Gasteiger partial charge in [-0.3, -0.25) is 4.79 Å². The molecular weight excluding hydrogens is 406 g/mol. The number of esters is 1. The summed E-state index contributed by atoms with van der Waals surface area (Å²) in [6.07, 6.45) is 2.40. The fourth-order valence-corrected chi connectivity index (χ4v) is 3.28. The number of carbonyl (C=O) groups is 2. The first kappa shape index (κ1) is 21.1. The monoisotopic (exact) mass is 429 g/mol. The first-order valence-corrected chi connectivity index (χ1v) is 10.3. The Kier molecular flexibility index (Phi) is 6.17. The second-order valence-electron chi connectivity index (χ2n) is 7.16. The number of fused-ring (bicyclic) bond motifs is 1. The van der Waals surface area contributed by atoms with Gasteiger partial charge in [0, 0.05) is 11.9 Å². The molecule has 4 aromatic rings. The highest BCUT2D eigenvalue weighted by atomic mass is 16.5. The first-order chi connectivity index (χ1) is 15.5. The summed E-state index contributed by atoms with van der Waals surface area (Å²) in [6, 6.07) is 21.0. The summed E-state index contributed by atoms with van der Waals surface area (Å²) < 4.78 is 12.4. The van der Waals surface area contributed by atoms with E-state index in [9.17, 15) is 9.59 Å². The number of benzene rings is 2. The summed E-state index contributed by atoms with van der Waals surface area (Å²) in [5.74, 6) is -0.163. The standard InChI is InChI=1S/C25H23N3O4/c1-3-31-25(30)22-16-26-28-14-13-20(15-23(22)28)27-24(29)17(2)32-21-11-9-19(10-12-21)18-7-5-4-6-8-18/h4-17H,3H2,1-2H3,(H,27,29)/t17-/m0/s1. The summed E-state index contributed by atoms with van der Waals surface area (Å²) in [5.41, 5.74) is 3.60. The Morgan fingerprint density at radius 2 is 1.75 bits per heavy atom. The molecule has 4 rings (SSSR count). The molecule has 0 aliphatic rings. The molecule has 0 saturated carbocycles. The van der Waals surface area contributed by atoms with Crippen LogP contribution in [0, 0.1) is 0 Å². The predicted octanol–water partition coefficient (Wildman–Crippen LogP) is 4.58. The highest BCUT2D eigenvalue weighted by Gasteiger charge is 2.17. The van der Waals surface area contributed by atoms with Gasteiger partial charge in [0.05, 0.1) is 18.3 Å². The van der Waals surface area contributed by atoms with E-state index in [-0.39, 0.29) is 12.5 Å².